The first-order valence-corrected chi connectivity index (χ1v) is 8.19. The Labute approximate surface area is 149 Å². The van der Waals surface area contributed by atoms with Crippen molar-refractivity contribution in [3.63, 3.8) is 0 Å². The SMILES string of the molecule is O=C(OCCCOc1ccc(Cl)cc1)c1cc(=O)[nH]c2ccccc12. The molecular formula is C19H16ClNO4. The maximum atomic E-state index is 12.3. The summed E-state index contributed by atoms with van der Waals surface area (Å²) in [7, 11) is 0. The fourth-order valence-corrected chi connectivity index (χ4v) is 2.52. The molecule has 0 unspecified atom stereocenters. The van der Waals surface area contributed by atoms with Gasteiger partial charge in [-0.25, -0.2) is 4.79 Å². The summed E-state index contributed by atoms with van der Waals surface area (Å²) in [5.74, 6) is 0.185. The number of fused-ring (bicyclic) bond motifs is 1. The molecule has 0 bridgehead atoms. The van der Waals surface area contributed by atoms with Gasteiger partial charge in [0.2, 0.25) is 5.56 Å². The van der Waals surface area contributed by atoms with Gasteiger partial charge in [0, 0.05) is 28.4 Å². The van der Waals surface area contributed by atoms with Crippen LogP contribution in [0.1, 0.15) is 16.8 Å². The molecule has 0 aliphatic heterocycles. The highest BCUT2D eigenvalue weighted by Crippen LogP contribution is 2.17. The summed E-state index contributed by atoms with van der Waals surface area (Å²) in [5, 5.41) is 1.30. The molecule has 3 rings (SSSR count). The molecule has 1 heterocycles. The number of hydrogen-bond acceptors (Lipinski definition) is 4. The number of ether oxygens (including phenoxy) is 2. The van der Waals surface area contributed by atoms with Crippen molar-refractivity contribution in [3.05, 3.63) is 75.5 Å². The van der Waals surface area contributed by atoms with Crippen LogP contribution >= 0.6 is 11.6 Å². The number of rotatable bonds is 6. The van der Waals surface area contributed by atoms with Crippen molar-refractivity contribution >= 4 is 28.5 Å². The number of aromatic amines is 1. The number of para-hydroxylation sites is 1. The van der Waals surface area contributed by atoms with Crippen LogP contribution in [0.3, 0.4) is 0 Å². The van der Waals surface area contributed by atoms with Crippen LogP contribution in [0.4, 0.5) is 0 Å². The van der Waals surface area contributed by atoms with Gasteiger partial charge in [-0.3, -0.25) is 4.79 Å². The molecule has 1 N–H and O–H groups in total. The predicted molar refractivity (Wildman–Crippen MR) is 96.4 cm³/mol. The monoisotopic (exact) mass is 357 g/mol. The van der Waals surface area contributed by atoms with Gasteiger partial charge in [0.05, 0.1) is 18.8 Å². The number of pyridine rings is 1. The van der Waals surface area contributed by atoms with E-state index >= 15 is 0 Å². The van der Waals surface area contributed by atoms with E-state index in [0.29, 0.717) is 34.7 Å². The molecule has 25 heavy (non-hydrogen) atoms. The minimum Gasteiger partial charge on any atom is -0.493 e. The maximum absolute atomic E-state index is 12.3. The van der Waals surface area contributed by atoms with Gasteiger partial charge in [-0.05, 0) is 30.3 Å². The Kier molecular flexibility index (Phi) is 5.36. The van der Waals surface area contributed by atoms with E-state index in [9.17, 15) is 9.59 Å². The second-order valence-electron chi connectivity index (χ2n) is 5.38. The summed E-state index contributed by atoms with van der Waals surface area (Å²) in [6.07, 6.45) is 0.537. The molecule has 6 heteroatoms. The highest BCUT2D eigenvalue weighted by Gasteiger charge is 2.12. The van der Waals surface area contributed by atoms with Gasteiger partial charge < -0.3 is 14.5 Å². The Hall–Kier alpha value is -2.79. The van der Waals surface area contributed by atoms with Crippen LogP contribution in [0.15, 0.2) is 59.4 Å². The van der Waals surface area contributed by atoms with E-state index in [2.05, 4.69) is 4.98 Å². The lowest BCUT2D eigenvalue weighted by molar-refractivity contribution is 0.0488. The van der Waals surface area contributed by atoms with E-state index in [1.54, 1.807) is 48.5 Å². The molecule has 0 saturated heterocycles. The Morgan fingerprint density at radius 1 is 1.04 bits per heavy atom. The lowest BCUT2D eigenvalue weighted by atomic mass is 10.1. The second-order valence-corrected chi connectivity index (χ2v) is 5.82. The Bertz CT molecular complexity index is 934. The van der Waals surface area contributed by atoms with E-state index in [0.717, 1.165) is 0 Å². The molecule has 1 aromatic heterocycles. The molecule has 0 atom stereocenters. The van der Waals surface area contributed by atoms with Crippen LogP contribution in [-0.2, 0) is 4.74 Å². The average Bonchev–Trinajstić information content (AvgIpc) is 2.62. The van der Waals surface area contributed by atoms with Gasteiger partial charge in [-0.1, -0.05) is 29.8 Å². The zero-order chi connectivity index (χ0) is 17.6. The zero-order valence-electron chi connectivity index (χ0n) is 13.3. The molecule has 2 aromatic carbocycles. The van der Waals surface area contributed by atoms with E-state index in [1.165, 1.54) is 6.07 Å². The Morgan fingerprint density at radius 3 is 2.60 bits per heavy atom. The fraction of sp³-hybridized carbons (Fsp3) is 0.158. The Morgan fingerprint density at radius 2 is 1.80 bits per heavy atom. The maximum Gasteiger partial charge on any atom is 0.339 e. The molecular weight excluding hydrogens is 342 g/mol. The molecule has 0 spiro atoms. The number of aromatic nitrogens is 1. The minimum absolute atomic E-state index is 0.202. The first-order valence-electron chi connectivity index (χ1n) is 7.81. The summed E-state index contributed by atoms with van der Waals surface area (Å²) in [4.78, 5) is 26.6. The molecule has 3 aromatic rings. The lowest BCUT2D eigenvalue weighted by Gasteiger charge is -2.08. The molecule has 5 nitrogen and oxygen atoms in total. The zero-order valence-corrected chi connectivity index (χ0v) is 14.1. The number of halogens is 1. The van der Waals surface area contributed by atoms with Crippen molar-refractivity contribution < 1.29 is 14.3 Å². The molecule has 0 aliphatic carbocycles. The van der Waals surface area contributed by atoms with E-state index < -0.39 is 5.97 Å². The normalized spacial score (nSPS) is 10.6. The van der Waals surface area contributed by atoms with E-state index in [1.807, 2.05) is 0 Å². The molecule has 0 amide bonds. The molecule has 0 fully saturated rings. The quantitative estimate of drug-likeness (QED) is 0.538. The van der Waals surface area contributed by atoms with Crippen LogP contribution in [0.5, 0.6) is 5.75 Å². The number of hydrogen-bond donors (Lipinski definition) is 1. The summed E-state index contributed by atoms with van der Waals surface area (Å²) in [6.45, 7) is 0.610. The second kappa shape index (κ2) is 7.85. The largest absolute Gasteiger partial charge is 0.493 e. The Balaban J connectivity index is 1.55. The van der Waals surface area contributed by atoms with Crippen molar-refractivity contribution in [1.82, 2.24) is 4.98 Å². The molecule has 0 radical (unpaired) electrons. The topological polar surface area (TPSA) is 68.4 Å². The summed E-state index contributed by atoms with van der Waals surface area (Å²) in [5.41, 5.74) is 0.530. The van der Waals surface area contributed by atoms with Crippen molar-refractivity contribution in [1.29, 1.82) is 0 Å². The van der Waals surface area contributed by atoms with Gasteiger partial charge >= 0.3 is 5.97 Å². The van der Waals surface area contributed by atoms with Gasteiger partial charge in [-0.15, -0.1) is 0 Å². The molecule has 0 aliphatic rings. The van der Waals surface area contributed by atoms with E-state index in [-0.39, 0.29) is 17.7 Å². The van der Waals surface area contributed by atoms with Crippen LogP contribution in [-0.4, -0.2) is 24.2 Å². The van der Waals surface area contributed by atoms with Crippen molar-refractivity contribution in [2.75, 3.05) is 13.2 Å². The van der Waals surface area contributed by atoms with Crippen LogP contribution in [0.2, 0.25) is 5.02 Å². The van der Waals surface area contributed by atoms with Gasteiger partial charge in [0.25, 0.3) is 0 Å². The minimum atomic E-state index is -0.520. The van der Waals surface area contributed by atoms with Crippen molar-refractivity contribution in [3.8, 4) is 5.75 Å². The number of H-pyrrole nitrogens is 1. The smallest absolute Gasteiger partial charge is 0.339 e. The number of benzene rings is 2. The number of nitrogens with one attached hydrogen (secondary N) is 1. The van der Waals surface area contributed by atoms with Gasteiger partial charge in [0.15, 0.2) is 0 Å². The highest BCUT2D eigenvalue weighted by molar-refractivity contribution is 6.30. The highest BCUT2D eigenvalue weighted by atomic mass is 35.5. The standard InChI is InChI=1S/C19H16ClNO4/c20-13-6-8-14(9-7-13)24-10-3-11-25-19(23)16-12-18(22)21-17-5-2-1-4-15(16)17/h1-2,4-9,12H,3,10-11H2,(H,21,22). The molecule has 128 valence electrons. The third-order valence-corrected chi connectivity index (χ3v) is 3.83. The summed E-state index contributed by atoms with van der Waals surface area (Å²) < 4.78 is 10.8. The van der Waals surface area contributed by atoms with Crippen molar-refractivity contribution in [2.45, 2.75) is 6.42 Å². The first kappa shape index (κ1) is 17.0. The van der Waals surface area contributed by atoms with E-state index in [4.69, 9.17) is 21.1 Å². The summed E-state index contributed by atoms with van der Waals surface area (Å²) in [6, 6.07) is 15.4. The van der Waals surface area contributed by atoms with Crippen LogP contribution < -0.4 is 10.3 Å². The number of esters is 1. The van der Waals surface area contributed by atoms with Crippen LogP contribution in [0, 0.1) is 0 Å². The predicted octanol–water partition coefficient (Wildman–Crippen LogP) is 3.81. The number of carbonyl (C=O) groups excluding carboxylic acids is 1. The van der Waals surface area contributed by atoms with Gasteiger partial charge in [0.1, 0.15) is 5.75 Å². The third-order valence-electron chi connectivity index (χ3n) is 3.57. The summed E-state index contributed by atoms with van der Waals surface area (Å²) >= 11 is 5.80. The van der Waals surface area contributed by atoms with Crippen molar-refractivity contribution in [2.24, 2.45) is 0 Å². The average molecular weight is 358 g/mol. The number of carbonyl (C=O) groups is 1. The molecule has 0 saturated carbocycles. The first-order chi connectivity index (χ1) is 12.1. The van der Waals surface area contributed by atoms with Crippen LogP contribution in [0.25, 0.3) is 10.9 Å². The fourth-order valence-electron chi connectivity index (χ4n) is 2.40. The third kappa shape index (κ3) is 4.39. The lowest BCUT2D eigenvalue weighted by Crippen LogP contribution is -2.14. The van der Waals surface area contributed by atoms with Gasteiger partial charge in [-0.2, -0.15) is 0 Å².